The summed E-state index contributed by atoms with van der Waals surface area (Å²) < 4.78 is 28.1. The molecule has 2 aliphatic heterocycles. The molecule has 1 aliphatic carbocycles. The Labute approximate surface area is 212 Å². The number of ether oxygens (including phenoxy) is 5. The van der Waals surface area contributed by atoms with Crippen LogP contribution in [-0.4, -0.2) is 58.4 Å². The predicted molar refractivity (Wildman–Crippen MR) is 136 cm³/mol. The molecule has 1 spiro atoms. The molecule has 5 rings (SSSR count). The van der Waals surface area contributed by atoms with E-state index >= 15 is 0 Å². The van der Waals surface area contributed by atoms with Crippen molar-refractivity contribution < 1.29 is 28.5 Å². The van der Waals surface area contributed by atoms with Crippen LogP contribution in [-0.2, 0) is 16.8 Å². The summed E-state index contributed by atoms with van der Waals surface area (Å²) >= 11 is 0. The third kappa shape index (κ3) is 4.43. The first-order valence-corrected chi connectivity index (χ1v) is 12.7. The quantitative estimate of drug-likeness (QED) is 0.621. The van der Waals surface area contributed by atoms with E-state index in [2.05, 4.69) is 29.3 Å². The first-order valence-electron chi connectivity index (χ1n) is 12.7. The van der Waals surface area contributed by atoms with Crippen LogP contribution in [0, 0.1) is 0 Å². The molecule has 1 N–H and O–H groups in total. The lowest BCUT2D eigenvalue weighted by Crippen LogP contribution is -2.49. The van der Waals surface area contributed by atoms with E-state index in [0.717, 1.165) is 36.4 Å². The third-order valence-electron chi connectivity index (χ3n) is 7.96. The Hall–Kier alpha value is -3.13. The van der Waals surface area contributed by atoms with Gasteiger partial charge in [0.05, 0.1) is 27.9 Å². The molecular formula is C28H36N2O6. The van der Waals surface area contributed by atoms with Gasteiger partial charge in [0, 0.05) is 36.2 Å². The molecule has 2 aromatic carbocycles. The van der Waals surface area contributed by atoms with E-state index in [9.17, 15) is 4.79 Å². The number of hydrogen-bond donors (Lipinski definition) is 1. The molecule has 0 aromatic heterocycles. The van der Waals surface area contributed by atoms with Crippen molar-refractivity contribution in [2.45, 2.75) is 50.6 Å². The minimum Gasteiger partial charge on any atom is -0.496 e. The second-order valence-electron chi connectivity index (χ2n) is 9.95. The number of methoxy groups -OCH3 is 3. The van der Waals surface area contributed by atoms with Crippen molar-refractivity contribution in [3.8, 4) is 28.7 Å². The van der Waals surface area contributed by atoms with Crippen molar-refractivity contribution in [2.75, 3.05) is 47.6 Å². The maximum atomic E-state index is 13.2. The van der Waals surface area contributed by atoms with Crippen molar-refractivity contribution in [3.63, 3.8) is 0 Å². The van der Waals surface area contributed by atoms with E-state index < -0.39 is 0 Å². The number of nitrogens with one attached hydrogen (secondary N) is 1. The molecule has 36 heavy (non-hydrogen) atoms. The molecule has 194 valence electrons. The van der Waals surface area contributed by atoms with Crippen LogP contribution in [0.4, 0.5) is 0 Å². The van der Waals surface area contributed by atoms with Crippen molar-refractivity contribution >= 4 is 5.91 Å². The van der Waals surface area contributed by atoms with E-state index in [0.29, 0.717) is 43.6 Å². The van der Waals surface area contributed by atoms with E-state index in [1.807, 2.05) is 6.07 Å². The summed E-state index contributed by atoms with van der Waals surface area (Å²) in [6, 6.07) is 8.08. The van der Waals surface area contributed by atoms with E-state index in [4.69, 9.17) is 23.7 Å². The van der Waals surface area contributed by atoms with Gasteiger partial charge in [-0.05, 0) is 49.1 Å². The van der Waals surface area contributed by atoms with Crippen LogP contribution in [0.1, 0.15) is 55.3 Å². The minimum absolute atomic E-state index is 0.0205. The first kappa shape index (κ1) is 24.6. The average molecular weight is 497 g/mol. The smallest absolute Gasteiger partial charge is 0.234 e. The van der Waals surface area contributed by atoms with Gasteiger partial charge >= 0.3 is 0 Å². The Morgan fingerprint density at radius 1 is 0.972 bits per heavy atom. The zero-order chi connectivity index (χ0) is 25.3. The van der Waals surface area contributed by atoms with Gasteiger partial charge in [-0.3, -0.25) is 9.69 Å². The molecule has 2 heterocycles. The van der Waals surface area contributed by atoms with Crippen LogP contribution < -0.4 is 29.0 Å². The van der Waals surface area contributed by atoms with Crippen LogP contribution in [0.2, 0.25) is 0 Å². The third-order valence-corrected chi connectivity index (χ3v) is 7.96. The van der Waals surface area contributed by atoms with Crippen LogP contribution >= 0.6 is 0 Å². The number of rotatable bonds is 7. The largest absolute Gasteiger partial charge is 0.496 e. The zero-order valence-electron chi connectivity index (χ0n) is 21.6. The second-order valence-corrected chi connectivity index (χ2v) is 9.95. The summed E-state index contributed by atoms with van der Waals surface area (Å²) in [4.78, 5) is 15.5. The summed E-state index contributed by atoms with van der Waals surface area (Å²) in [6.45, 7) is 4.87. The Morgan fingerprint density at radius 2 is 1.61 bits per heavy atom. The Bertz CT molecular complexity index is 1130. The summed E-state index contributed by atoms with van der Waals surface area (Å²) in [5.41, 5.74) is 3.52. The van der Waals surface area contributed by atoms with E-state index in [1.165, 1.54) is 24.0 Å². The summed E-state index contributed by atoms with van der Waals surface area (Å²) in [7, 11) is 4.78. The number of amides is 1. The van der Waals surface area contributed by atoms with Crippen LogP contribution in [0.3, 0.4) is 0 Å². The monoisotopic (exact) mass is 496 g/mol. The molecule has 2 aromatic rings. The van der Waals surface area contributed by atoms with Gasteiger partial charge in [0.1, 0.15) is 19.0 Å². The second kappa shape index (κ2) is 10.1. The topological polar surface area (TPSA) is 78.5 Å². The van der Waals surface area contributed by atoms with Gasteiger partial charge in [-0.2, -0.15) is 0 Å². The van der Waals surface area contributed by atoms with Crippen molar-refractivity contribution in [2.24, 2.45) is 0 Å². The lowest BCUT2D eigenvalue weighted by molar-refractivity contribution is -0.123. The fourth-order valence-corrected chi connectivity index (χ4v) is 6.05. The molecule has 1 atom stereocenters. The van der Waals surface area contributed by atoms with Gasteiger partial charge in [0.15, 0.2) is 23.0 Å². The number of fused-ring (bicyclic) bond motifs is 3. The molecule has 0 saturated heterocycles. The highest BCUT2D eigenvalue weighted by Gasteiger charge is 2.45. The number of carbonyl (C=O) groups excluding carboxylic acids is 1. The van der Waals surface area contributed by atoms with E-state index in [1.54, 1.807) is 27.4 Å². The fraction of sp³-hybridized carbons (Fsp3) is 0.536. The van der Waals surface area contributed by atoms with Crippen LogP contribution in [0.5, 0.6) is 28.7 Å². The molecule has 3 aliphatic rings. The predicted octanol–water partition coefficient (Wildman–Crippen LogP) is 3.99. The van der Waals surface area contributed by atoms with Crippen molar-refractivity contribution in [3.05, 3.63) is 41.0 Å². The molecule has 1 unspecified atom stereocenters. The van der Waals surface area contributed by atoms with Gasteiger partial charge < -0.3 is 29.0 Å². The lowest BCUT2D eigenvalue weighted by atomic mass is 9.71. The van der Waals surface area contributed by atoms with Crippen LogP contribution in [0.15, 0.2) is 24.3 Å². The highest BCUT2D eigenvalue weighted by atomic mass is 16.6. The highest BCUT2D eigenvalue weighted by Crippen LogP contribution is 2.51. The molecule has 1 fully saturated rings. The molecule has 8 heteroatoms. The van der Waals surface area contributed by atoms with Crippen LogP contribution in [0.25, 0.3) is 0 Å². The summed E-state index contributed by atoms with van der Waals surface area (Å²) in [5, 5.41) is 3.08. The average Bonchev–Trinajstić information content (AvgIpc) is 3.38. The number of nitrogens with zero attached hydrogens (tertiary/aromatic N) is 1. The minimum atomic E-state index is -0.0205. The zero-order valence-corrected chi connectivity index (χ0v) is 21.6. The number of hydrogen-bond acceptors (Lipinski definition) is 7. The molecular weight excluding hydrogens is 460 g/mol. The normalized spacial score (nSPS) is 20.1. The van der Waals surface area contributed by atoms with Gasteiger partial charge in [0.25, 0.3) is 0 Å². The fourth-order valence-electron chi connectivity index (χ4n) is 6.05. The molecule has 1 saturated carbocycles. The van der Waals surface area contributed by atoms with Gasteiger partial charge in [-0.25, -0.2) is 0 Å². The molecule has 1 amide bonds. The van der Waals surface area contributed by atoms with Crippen molar-refractivity contribution in [1.82, 2.24) is 10.2 Å². The Kier molecular flexibility index (Phi) is 6.88. The maximum absolute atomic E-state index is 13.2. The highest BCUT2D eigenvalue weighted by molar-refractivity contribution is 5.78. The Morgan fingerprint density at radius 3 is 2.28 bits per heavy atom. The van der Waals surface area contributed by atoms with Gasteiger partial charge in [0.2, 0.25) is 5.91 Å². The maximum Gasteiger partial charge on any atom is 0.234 e. The summed E-state index contributed by atoms with van der Waals surface area (Å²) in [6.07, 6.45) is 4.68. The lowest BCUT2D eigenvalue weighted by Gasteiger charge is -2.46. The molecule has 0 radical (unpaired) electrons. The molecule has 0 bridgehead atoms. The SMILES string of the molecule is COc1cc(OC)c(OC)cc1CNC(=O)CN1CC2(CCCC2)c2cc3c(cc2C1C)OCCO3. The number of benzene rings is 2. The van der Waals surface area contributed by atoms with Crippen molar-refractivity contribution in [1.29, 1.82) is 0 Å². The van der Waals surface area contributed by atoms with Gasteiger partial charge in [-0.15, -0.1) is 0 Å². The van der Waals surface area contributed by atoms with Gasteiger partial charge in [-0.1, -0.05) is 12.8 Å². The standard InChI is InChI=1S/C28H36N2O6/c1-18-20-12-25-26(36-10-9-35-25)13-21(20)28(7-5-6-8-28)17-30(18)16-27(31)29-15-19-11-23(33-3)24(34-4)14-22(19)32-2/h11-14,18H,5-10,15-17H2,1-4H3,(H,29,31). The molecule has 8 nitrogen and oxygen atoms in total. The van der Waals surface area contributed by atoms with E-state index in [-0.39, 0.29) is 17.4 Å². The number of carbonyl (C=O) groups is 1. The Balaban J connectivity index is 1.34. The summed E-state index contributed by atoms with van der Waals surface area (Å²) in [5.74, 6) is 3.48. The first-order chi connectivity index (χ1) is 17.5.